The average molecular weight is 329 g/mol. The Labute approximate surface area is 143 Å². The van der Waals surface area contributed by atoms with Crippen LogP contribution in [0.3, 0.4) is 0 Å². The van der Waals surface area contributed by atoms with Gasteiger partial charge in [0.2, 0.25) is 0 Å². The van der Waals surface area contributed by atoms with E-state index in [9.17, 15) is 15.5 Å². The van der Waals surface area contributed by atoms with Crippen molar-refractivity contribution in [3.63, 3.8) is 0 Å². The van der Waals surface area contributed by atoms with Crippen LogP contribution in [-0.4, -0.2) is 28.0 Å². The number of epoxide rings is 1. The minimum Gasteiger partial charge on any atom is -0.508 e. The van der Waals surface area contributed by atoms with Crippen molar-refractivity contribution >= 4 is 0 Å². The molecule has 4 aliphatic carbocycles. The smallest absolute Gasteiger partial charge is 0.146 e. The molecule has 1 spiro atoms. The molecule has 0 aromatic carbocycles. The second kappa shape index (κ2) is 4.37. The number of fused-ring (bicyclic) bond motifs is 4. The van der Waals surface area contributed by atoms with Crippen LogP contribution in [0.1, 0.15) is 58.8 Å². The molecule has 4 nitrogen and oxygen atoms in total. The SMILES string of the molecule is C[C@]12CC[C@H]3[C@@H](CCC45OC4C(O)=C(C#N)C[C@]35C)[C@@H]1CCC2O. The Morgan fingerprint density at radius 2 is 1.92 bits per heavy atom. The maximum absolute atomic E-state index is 10.5. The molecule has 5 rings (SSSR count). The summed E-state index contributed by atoms with van der Waals surface area (Å²) >= 11 is 0. The Bertz CT molecular complexity index is 681. The van der Waals surface area contributed by atoms with Gasteiger partial charge in [-0.3, -0.25) is 0 Å². The summed E-state index contributed by atoms with van der Waals surface area (Å²) in [5.74, 6) is 1.96. The molecule has 0 aromatic rings. The molecule has 4 heteroatoms. The molecule has 1 aliphatic heterocycles. The highest BCUT2D eigenvalue weighted by Gasteiger charge is 2.76. The number of ether oxygens (including phenoxy) is 1. The molecule has 0 aromatic heterocycles. The lowest BCUT2D eigenvalue weighted by Gasteiger charge is -2.58. The van der Waals surface area contributed by atoms with Gasteiger partial charge in [0.1, 0.15) is 17.5 Å². The molecule has 5 aliphatic rings. The Kier molecular flexibility index (Phi) is 2.77. The van der Waals surface area contributed by atoms with Crippen LogP contribution in [0.2, 0.25) is 0 Å². The third-order valence-corrected chi connectivity index (χ3v) is 8.95. The number of nitriles is 1. The molecule has 1 heterocycles. The third kappa shape index (κ3) is 1.48. The van der Waals surface area contributed by atoms with Gasteiger partial charge in [-0.1, -0.05) is 13.8 Å². The molecule has 130 valence electrons. The van der Waals surface area contributed by atoms with E-state index in [1.807, 2.05) is 0 Å². The largest absolute Gasteiger partial charge is 0.508 e. The molecule has 8 atom stereocenters. The molecule has 2 N–H and O–H groups in total. The molecule has 3 saturated carbocycles. The third-order valence-electron chi connectivity index (χ3n) is 8.95. The molecule has 3 unspecified atom stereocenters. The second-order valence-corrected chi connectivity index (χ2v) is 9.51. The fourth-order valence-electron chi connectivity index (χ4n) is 7.50. The fraction of sp³-hybridized carbons (Fsp3) is 0.850. The number of allylic oxidation sites excluding steroid dienone is 1. The Morgan fingerprint density at radius 3 is 2.67 bits per heavy atom. The molecular formula is C20H27NO3. The maximum Gasteiger partial charge on any atom is 0.146 e. The van der Waals surface area contributed by atoms with Gasteiger partial charge >= 0.3 is 0 Å². The van der Waals surface area contributed by atoms with Gasteiger partial charge < -0.3 is 14.9 Å². The first-order chi connectivity index (χ1) is 11.4. The summed E-state index contributed by atoms with van der Waals surface area (Å²) in [7, 11) is 0. The van der Waals surface area contributed by atoms with Crippen LogP contribution in [0.15, 0.2) is 11.3 Å². The van der Waals surface area contributed by atoms with Crippen molar-refractivity contribution < 1.29 is 14.9 Å². The molecule has 24 heavy (non-hydrogen) atoms. The van der Waals surface area contributed by atoms with E-state index in [0.717, 1.165) is 38.5 Å². The summed E-state index contributed by atoms with van der Waals surface area (Å²) in [4.78, 5) is 0. The summed E-state index contributed by atoms with van der Waals surface area (Å²) in [5.41, 5.74) is 0.336. The van der Waals surface area contributed by atoms with Crippen LogP contribution in [0.4, 0.5) is 0 Å². The van der Waals surface area contributed by atoms with Crippen molar-refractivity contribution in [1.82, 2.24) is 0 Å². The van der Waals surface area contributed by atoms with E-state index in [0.29, 0.717) is 29.7 Å². The van der Waals surface area contributed by atoms with E-state index in [1.165, 1.54) is 0 Å². The number of aliphatic hydroxyl groups is 2. The molecule has 0 radical (unpaired) electrons. The van der Waals surface area contributed by atoms with Crippen molar-refractivity contribution in [2.75, 3.05) is 0 Å². The first kappa shape index (κ1) is 15.2. The number of hydrogen-bond donors (Lipinski definition) is 2. The molecular weight excluding hydrogens is 302 g/mol. The van der Waals surface area contributed by atoms with Gasteiger partial charge in [0, 0.05) is 5.41 Å². The number of aliphatic hydroxyl groups excluding tert-OH is 2. The molecule has 0 amide bonds. The second-order valence-electron chi connectivity index (χ2n) is 9.51. The first-order valence-corrected chi connectivity index (χ1v) is 9.55. The number of rotatable bonds is 0. The van der Waals surface area contributed by atoms with Gasteiger partial charge in [-0.2, -0.15) is 5.26 Å². The highest BCUT2D eigenvalue weighted by Crippen LogP contribution is 2.73. The molecule has 0 bridgehead atoms. The summed E-state index contributed by atoms with van der Waals surface area (Å²) in [5, 5.41) is 30.4. The van der Waals surface area contributed by atoms with Gasteiger partial charge in [-0.15, -0.1) is 0 Å². The van der Waals surface area contributed by atoms with E-state index >= 15 is 0 Å². The number of hydrogen-bond acceptors (Lipinski definition) is 4. The quantitative estimate of drug-likeness (QED) is 0.667. The topological polar surface area (TPSA) is 76.8 Å². The lowest BCUT2D eigenvalue weighted by atomic mass is 9.45. The lowest BCUT2D eigenvalue weighted by Crippen LogP contribution is -2.57. The van der Waals surface area contributed by atoms with Crippen molar-refractivity contribution in [1.29, 1.82) is 5.26 Å². The Balaban J connectivity index is 1.55. The van der Waals surface area contributed by atoms with Gasteiger partial charge in [-0.05, 0) is 68.1 Å². The fourth-order valence-corrected chi connectivity index (χ4v) is 7.50. The summed E-state index contributed by atoms with van der Waals surface area (Å²) in [6.07, 6.45) is 6.65. The van der Waals surface area contributed by atoms with Crippen LogP contribution in [0, 0.1) is 39.9 Å². The van der Waals surface area contributed by atoms with E-state index in [-0.39, 0.29) is 34.4 Å². The Hall–Kier alpha value is -1.05. The minimum absolute atomic E-state index is 0.0489. The van der Waals surface area contributed by atoms with Crippen molar-refractivity contribution in [3.05, 3.63) is 11.3 Å². The van der Waals surface area contributed by atoms with Crippen LogP contribution in [0.5, 0.6) is 0 Å². The van der Waals surface area contributed by atoms with E-state index in [1.54, 1.807) is 0 Å². The standard InChI is InChI=1S/C20H27NO3/c1-18-7-6-14-12(13(18)3-4-15(18)22)5-8-20-17(24-20)16(23)11(10-21)9-19(14,20)2/h12-15,17,22-23H,3-9H2,1-2H3/t12-,13-,14-,15?,17?,18-,19+,20?/m0/s1. The van der Waals surface area contributed by atoms with Crippen LogP contribution in [0.25, 0.3) is 0 Å². The summed E-state index contributed by atoms with van der Waals surface area (Å²) < 4.78 is 6.11. The summed E-state index contributed by atoms with van der Waals surface area (Å²) in [6.45, 7) is 4.60. The zero-order valence-electron chi connectivity index (χ0n) is 14.6. The predicted octanol–water partition coefficient (Wildman–Crippen LogP) is 3.47. The maximum atomic E-state index is 10.5. The zero-order chi connectivity index (χ0) is 16.9. The number of nitrogens with zero attached hydrogens (tertiary/aromatic N) is 1. The van der Waals surface area contributed by atoms with Crippen LogP contribution < -0.4 is 0 Å². The van der Waals surface area contributed by atoms with E-state index in [4.69, 9.17) is 4.74 Å². The Morgan fingerprint density at radius 1 is 1.12 bits per heavy atom. The molecule has 1 saturated heterocycles. The van der Waals surface area contributed by atoms with Gasteiger partial charge in [-0.25, -0.2) is 0 Å². The zero-order valence-corrected chi connectivity index (χ0v) is 14.6. The minimum atomic E-state index is -0.241. The summed E-state index contributed by atoms with van der Waals surface area (Å²) in [6, 6.07) is 2.23. The van der Waals surface area contributed by atoms with Gasteiger partial charge in [0.15, 0.2) is 0 Å². The first-order valence-electron chi connectivity index (χ1n) is 9.55. The van der Waals surface area contributed by atoms with Crippen molar-refractivity contribution in [2.45, 2.75) is 76.6 Å². The average Bonchev–Trinajstić information content (AvgIpc) is 3.23. The highest BCUT2D eigenvalue weighted by molar-refractivity contribution is 5.41. The lowest BCUT2D eigenvalue weighted by molar-refractivity contribution is -0.116. The normalized spacial score (nSPS) is 58.2. The van der Waals surface area contributed by atoms with Gasteiger partial charge in [0.05, 0.1) is 17.7 Å². The van der Waals surface area contributed by atoms with Crippen LogP contribution in [-0.2, 0) is 4.74 Å². The van der Waals surface area contributed by atoms with E-state index in [2.05, 4.69) is 19.9 Å². The van der Waals surface area contributed by atoms with E-state index < -0.39 is 0 Å². The monoisotopic (exact) mass is 329 g/mol. The van der Waals surface area contributed by atoms with Crippen LogP contribution >= 0.6 is 0 Å². The molecule has 4 fully saturated rings. The highest BCUT2D eigenvalue weighted by atomic mass is 16.6. The van der Waals surface area contributed by atoms with Crippen molar-refractivity contribution in [3.8, 4) is 6.07 Å². The van der Waals surface area contributed by atoms with Crippen molar-refractivity contribution in [2.24, 2.45) is 28.6 Å². The predicted molar refractivity (Wildman–Crippen MR) is 87.9 cm³/mol. The van der Waals surface area contributed by atoms with Gasteiger partial charge in [0.25, 0.3) is 0 Å².